The fourth-order valence-corrected chi connectivity index (χ4v) is 1.80. The van der Waals surface area contributed by atoms with Gasteiger partial charge in [-0.1, -0.05) is 41.9 Å². The summed E-state index contributed by atoms with van der Waals surface area (Å²) in [6.07, 6.45) is -0.234. The molecule has 84 valence electrons. The van der Waals surface area contributed by atoms with Crippen LogP contribution >= 0.6 is 11.6 Å². The Morgan fingerprint density at radius 2 is 1.80 bits per heavy atom. The maximum absolute atomic E-state index is 11.4. The van der Waals surface area contributed by atoms with E-state index in [0.29, 0.717) is 5.56 Å². The van der Waals surface area contributed by atoms with Crippen molar-refractivity contribution in [2.24, 2.45) is 0 Å². The number of hydrogen-bond donors (Lipinski definition) is 1. The lowest BCUT2D eigenvalue weighted by Crippen LogP contribution is -2.35. The van der Waals surface area contributed by atoms with Crippen molar-refractivity contribution in [1.29, 1.82) is 0 Å². The monoisotopic (exact) mass is 248 g/mol. The third kappa shape index (κ3) is 2.51. The highest BCUT2D eigenvalue weighted by molar-refractivity contribution is 7.93. The number of aliphatic hydroxyl groups is 1. The van der Waals surface area contributed by atoms with Gasteiger partial charge in [0.25, 0.3) is 0 Å². The first kappa shape index (κ1) is 12.5. The molecule has 3 nitrogen and oxygen atoms in total. The summed E-state index contributed by atoms with van der Waals surface area (Å²) in [4.78, 5) is 0. The number of alkyl halides is 1. The van der Waals surface area contributed by atoms with Gasteiger partial charge in [-0.25, -0.2) is 8.42 Å². The number of hydrogen-bond acceptors (Lipinski definition) is 3. The second-order valence-corrected chi connectivity index (χ2v) is 6.97. The predicted molar refractivity (Wildman–Crippen MR) is 60.5 cm³/mol. The van der Waals surface area contributed by atoms with Crippen molar-refractivity contribution >= 4 is 21.4 Å². The Hall–Kier alpha value is -0.580. The molecule has 1 rings (SSSR count). The molecule has 0 radical (unpaired) electrons. The van der Waals surface area contributed by atoms with Gasteiger partial charge in [-0.05, 0) is 12.5 Å². The number of halogens is 1. The van der Waals surface area contributed by atoms with Crippen molar-refractivity contribution in [2.75, 3.05) is 6.26 Å². The Labute approximate surface area is 94.6 Å². The van der Waals surface area contributed by atoms with Crippen LogP contribution in [-0.4, -0.2) is 24.0 Å². The first-order chi connectivity index (χ1) is 6.77. The molecule has 1 aromatic rings. The van der Waals surface area contributed by atoms with Crippen molar-refractivity contribution < 1.29 is 13.5 Å². The minimum atomic E-state index is -3.53. The van der Waals surface area contributed by atoms with Gasteiger partial charge < -0.3 is 5.11 Å². The molecule has 0 aliphatic heterocycles. The molecule has 0 saturated carbocycles. The molecule has 0 aromatic heterocycles. The highest BCUT2D eigenvalue weighted by atomic mass is 35.5. The smallest absolute Gasteiger partial charge is 0.172 e. The third-order valence-corrected chi connectivity index (χ3v) is 5.05. The van der Waals surface area contributed by atoms with E-state index in [1.807, 2.05) is 0 Å². The van der Waals surface area contributed by atoms with Crippen molar-refractivity contribution in [3.63, 3.8) is 0 Å². The largest absolute Gasteiger partial charge is 0.385 e. The summed E-state index contributed by atoms with van der Waals surface area (Å²) in [6, 6.07) is 8.48. The third-order valence-electron chi connectivity index (χ3n) is 2.33. The van der Waals surface area contributed by atoms with Gasteiger partial charge in [-0.15, -0.1) is 0 Å². The highest BCUT2D eigenvalue weighted by Crippen LogP contribution is 2.35. The molecule has 5 heteroatoms. The number of benzene rings is 1. The van der Waals surface area contributed by atoms with Gasteiger partial charge in [-0.3, -0.25) is 0 Å². The van der Waals surface area contributed by atoms with Gasteiger partial charge in [0.15, 0.2) is 14.0 Å². The fourth-order valence-electron chi connectivity index (χ4n) is 1.14. The van der Waals surface area contributed by atoms with Crippen molar-refractivity contribution in [3.05, 3.63) is 35.9 Å². The molecule has 0 amide bonds. The van der Waals surface area contributed by atoms with Crippen LogP contribution < -0.4 is 0 Å². The van der Waals surface area contributed by atoms with Crippen LogP contribution in [0.5, 0.6) is 0 Å². The van der Waals surface area contributed by atoms with E-state index in [1.165, 1.54) is 6.92 Å². The molecular weight excluding hydrogens is 236 g/mol. The summed E-state index contributed by atoms with van der Waals surface area (Å²) < 4.78 is 21.1. The van der Waals surface area contributed by atoms with Gasteiger partial charge >= 0.3 is 0 Å². The minimum absolute atomic E-state index is 0.487. The molecule has 0 unspecified atom stereocenters. The Kier molecular flexibility index (Phi) is 3.43. The molecule has 2 atom stereocenters. The van der Waals surface area contributed by atoms with Crippen LogP contribution in [0.3, 0.4) is 0 Å². The van der Waals surface area contributed by atoms with Crippen LogP contribution in [0.4, 0.5) is 0 Å². The molecular formula is C10H13ClO3S. The summed E-state index contributed by atoms with van der Waals surface area (Å²) in [5, 5.41) is 9.87. The maximum atomic E-state index is 11.4. The summed E-state index contributed by atoms with van der Waals surface area (Å²) in [6.45, 7) is 1.29. The van der Waals surface area contributed by atoms with Gasteiger partial charge in [0.2, 0.25) is 0 Å². The molecule has 0 saturated heterocycles. The number of aliphatic hydroxyl groups excluding tert-OH is 1. The summed E-state index contributed by atoms with van der Waals surface area (Å²) in [5.74, 6) is 0. The molecule has 15 heavy (non-hydrogen) atoms. The van der Waals surface area contributed by atoms with Gasteiger partial charge in [0.05, 0.1) is 0 Å². The average molecular weight is 249 g/mol. The summed E-state index contributed by atoms with van der Waals surface area (Å²) in [7, 11) is -3.53. The Balaban J connectivity index is 3.11. The van der Waals surface area contributed by atoms with E-state index >= 15 is 0 Å². The van der Waals surface area contributed by atoms with Gasteiger partial charge in [0.1, 0.15) is 6.10 Å². The predicted octanol–water partition coefficient (Wildman–Crippen LogP) is 1.72. The quantitative estimate of drug-likeness (QED) is 0.829. The number of rotatable bonds is 3. The molecule has 0 aliphatic rings. The van der Waals surface area contributed by atoms with Crippen LogP contribution in [0.1, 0.15) is 18.6 Å². The van der Waals surface area contributed by atoms with E-state index in [0.717, 1.165) is 6.26 Å². The Morgan fingerprint density at radius 3 is 2.20 bits per heavy atom. The van der Waals surface area contributed by atoms with Gasteiger partial charge in [-0.2, -0.15) is 0 Å². The Morgan fingerprint density at radius 1 is 1.33 bits per heavy atom. The van der Waals surface area contributed by atoms with E-state index in [2.05, 4.69) is 0 Å². The summed E-state index contributed by atoms with van der Waals surface area (Å²) >= 11 is 5.86. The topological polar surface area (TPSA) is 54.4 Å². The van der Waals surface area contributed by atoms with Gasteiger partial charge in [0, 0.05) is 6.26 Å². The first-order valence-corrected chi connectivity index (χ1v) is 6.65. The molecule has 0 spiro atoms. The van der Waals surface area contributed by atoms with Crippen molar-refractivity contribution in [3.8, 4) is 0 Å². The van der Waals surface area contributed by atoms with Crippen molar-refractivity contribution in [1.82, 2.24) is 0 Å². The lowest BCUT2D eigenvalue weighted by molar-refractivity contribution is 0.163. The zero-order valence-electron chi connectivity index (χ0n) is 8.51. The first-order valence-electron chi connectivity index (χ1n) is 4.38. The molecule has 0 heterocycles. The fraction of sp³-hybridized carbons (Fsp3) is 0.400. The average Bonchev–Trinajstić information content (AvgIpc) is 2.16. The molecule has 1 N–H and O–H groups in total. The molecule has 0 bridgehead atoms. The lowest BCUT2D eigenvalue weighted by Gasteiger charge is -2.26. The highest BCUT2D eigenvalue weighted by Gasteiger charge is 2.41. The molecule has 1 aromatic carbocycles. The van der Waals surface area contributed by atoms with Crippen LogP contribution in [0, 0.1) is 0 Å². The van der Waals surface area contributed by atoms with E-state index < -0.39 is 20.1 Å². The lowest BCUT2D eigenvalue weighted by atomic mass is 10.1. The van der Waals surface area contributed by atoms with Crippen LogP contribution in [0.2, 0.25) is 0 Å². The second-order valence-electron chi connectivity index (χ2n) is 3.57. The standard InChI is InChI=1S/C10H13ClO3S/c1-10(11,15(2,13)14)9(12)8-6-4-3-5-7-8/h3-7,9,12H,1-2H3/t9-,10-/m1/s1. The van der Waals surface area contributed by atoms with Crippen LogP contribution in [-0.2, 0) is 9.84 Å². The van der Waals surface area contributed by atoms with E-state index in [4.69, 9.17) is 11.6 Å². The zero-order valence-corrected chi connectivity index (χ0v) is 10.1. The van der Waals surface area contributed by atoms with Crippen LogP contribution in [0.25, 0.3) is 0 Å². The van der Waals surface area contributed by atoms with E-state index in [-0.39, 0.29) is 0 Å². The van der Waals surface area contributed by atoms with Crippen molar-refractivity contribution in [2.45, 2.75) is 17.2 Å². The summed E-state index contributed by atoms with van der Waals surface area (Å²) in [5.41, 5.74) is 0.487. The zero-order chi connectivity index (χ0) is 11.7. The minimum Gasteiger partial charge on any atom is -0.385 e. The molecule has 0 aliphatic carbocycles. The van der Waals surface area contributed by atoms with E-state index in [1.54, 1.807) is 30.3 Å². The number of sulfone groups is 1. The second kappa shape index (κ2) is 4.12. The van der Waals surface area contributed by atoms with Crippen LogP contribution in [0.15, 0.2) is 30.3 Å². The van der Waals surface area contributed by atoms with E-state index in [9.17, 15) is 13.5 Å². The molecule has 0 fully saturated rings. The normalized spacial score (nSPS) is 18.1. The Bertz CT molecular complexity index is 425. The SMILES string of the molecule is C[C@](Cl)([C@H](O)c1ccccc1)S(C)(=O)=O. The maximum Gasteiger partial charge on any atom is 0.172 e.